The van der Waals surface area contributed by atoms with Crippen molar-refractivity contribution < 1.29 is 4.79 Å². The van der Waals surface area contributed by atoms with Crippen LogP contribution in [0, 0.1) is 5.92 Å². The predicted octanol–water partition coefficient (Wildman–Crippen LogP) is 0.163. The molecule has 98 valence electrons. The van der Waals surface area contributed by atoms with E-state index >= 15 is 0 Å². The van der Waals surface area contributed by atoms with E-state index < -0.39 is 0 Å². The third-order valence-electron chi connectivity index (χ3n) is 4.17. The number of hydrogen-bond acceptors (Lipinski definition) is 4. The lowest BCUT2D eigenvalue weighted by molar-refractivity contribution is 0.0919. The Morgan fingerprint density at radius 3 is 3.11 bits per heavy atom. The van der Waals surface area contributed by atoms with Crippen LogP contribution in [0.5, 0.6) is 0 Å². The molecule has 2 saturated heterocycles. The molecule has 3 atom stereocenters. The number of hydrogen-bond donors (Lipinski definition) is 1. The molecule has 2 aliphatic heterocycles. The van der Waals surface area contributed by atoms with Gasteiger partial charge in [-0.1, -0.05) is 0 Å². The summed E-state index contributed by atoms with van der Waals surface area (Å²) in [5.74, 6) is 0.517. The van der Waals surface area contributed by atoms with E-state index in [9.17, 15) is 4.79 Å². The zero-order valence-electron chi connectivity index (χ0n) is 10.5. The number of fused-ring (bicyclic) bond motifs is 3. The van der Waals surface area contributed by atoms with Crippen molar-refractivity contribution in [3.05, 3.63) is 30.5 Å². The zero-order valence-corrected chi connectivity index (χ0v) is 10.5. The van der Waals surface area contributed by atoms with Gasteiger partial charge in [0.15, 0.2) is 0 Å². The average molecular weight is 257 g/mol. The highest BCUT2D eigenvalue weighted by Crippen LogP contribution is 2.27. The van der Waals surface area contributed by atoms with Crippen molar-refractivity contribution in [2.75, 3.05) is 19.6 Å². The van der Waals surface area contributed by atoms with Crippen LogP contribution in [-0.4, -0.2) is 50.9 Å². The number of amides is 1. The molecular weight excluding hydrogens is 242 g/mol. The van der Waals surface area contributed by atoms with Gasteiger partial charge in [0, 0.05) is 37.6 Å². The monoisotopic (exact) mass is 257 g/mol. The fourth-order valence-corrected chi connectivity index (χ4v) is 3.13. The molecule has 4 rings (SSSR count). The number of aromatic nitrogens is 3. The van der Waals surface area contributed by atoms with E-state index in [0.717, 1.165) is 18.7 Å². The Labute approximate surface area is 110 Å². The van der Waals surface area contributed by atoms with Gasteiger partial charge in [-0.15, -0.1) is 0 Å². The number of carbonyl (C=O) groups is 1. The molecule has 0 radical (unpaired) electrons. The van der Waals surface area contributed by atoms with E-state index in [4.69, 9.17) is 0 Å². The number of carbonyl (C=O) groups excluding carboxylic acids is 1. The zero-order chi connectivity index (χ0) is 12.8. The second-order valence-electron chi connectivity index (χ2n) is 5.36. The van der Waals surface area contributed by atoms with Crippen molar-refractivity contribution in [2.45, 2.75) is 12.5 Å². The van der Waals surface area contributed by atoms with Crippen molar-refractivity contribution in [3.63, 3.8) is 0 Å². The summed E-state index contributed by atoms with van der Waals surface area (Å²) in [5.41, 5.74) is 1.19. The van der Waals surface area contributed by atoms with Gasteiger partial charge in [-0.25, -0.2) is 9.97 Å². The quantitative estimate of drug-likeness (QED) is 0.832. The second kappa shape index (κ2) is 4.03. The van der Waals surface area contributed by atoms with E-state index in [2.05, 4.69) is 20.2 Å². The van der Waals surface area contributed by atoms with Crippen molar-refractivity contribution in [1.29, 1.82) is 0 Å². The van der Waals surface area contributed by atoms with Gasteiger partial charge < -0.3 is 10.2 Å². The van der Waals surface area contributed by atoms with Crippen molar-refractivity contribution in [3.8, 4) is 0 Å². The van der Waals surface area contributed by atoms with Crippen LogP contribution in [0.15, 0.2) is 24.8 Å². The first-order chi connectivity index (χ1) is 9.29. The van der Waals surface area contributed by atoms with E-state index in [1.165, 1.54) is 13.0 Å². The fourth-order valence-electron chi connectivity index (χ4n) is 3.13. The minimum atomic E-state index is -0.0933. The van der Waals surface area contributed by atoms with Gasteiger partial charge in [-0.05, 0) is 18.9 Å². The Morgan fingerprint density at radius 1 is 1.37 bits per heavy atom. The van der Waals surface area contributed by atoms with Gasteiger partial charge >= 0.3 is 0 Å². The molecule has 2 fully saturated rings. The first-order valence-electron chi connectivity index (χ1n) is 6.61. The molecule has 1 amide bonds. The molecule has 0 aliphatic carbocycles. The lowest BCUT2D eigenvalue weighted by Crippen LogP contribution is -2.43. The standard InChI is InChI=1S/C13H15N5O/c19-13(16-11-7-17-3-1-9(11)6-17)10-5-12-14-2-4-18(12)8-15-10/h2,4-5,8-9,11H,1,3,6-7H2,(H,16,19)/t9-,11?/m0/s1. The van der Waals surface area contributed by atoms with Gasteiger partial charge in [-0.2, -0.15) is 0 Å². The largest absolute Gasteiger partial charge is 0.346 e. The maximum atomic E-state index is 12.2. The van der Waals surface area contributed by atoms with Gasteiger partial charge in [0.05, 0.1) is 0 Å². The average Bonchev–Trinajstić information content (AvgIpc) is 3.13. The van der Waals surface area contributed by atoms with E-state index in [1.807, 2.05) is 6.20 Å². The number of nitrogens with one attached hydrogen (secondary N) is 1. The summed E-state index contributed by atoms with van der Waals surface area (Å²) in [4.78, 5) is 23.0. The number of rotatable bonds is 2. The van der Waals surface area contributed by atoms with Gasteiger partial charge in [-0.3, -0.25) is 9.20 Å². The molecule has 6 heteroatoms. The topological polar surface area (TPSA) is 62.5 Å². The molecule has 0 saturated carbocycles. The van der Waals surface area contributed by atoms with Crippen LogP contribution in [0.3, 0.4) is 0 Å². The van der Waals surface area contributed by atoms with Crippen LogP contribution in [0.25, 0.3) is 5.65 Å². The van der Waals surface area contributed by atoms with Gasteiger partial charge in [0.2, 0.25) is 0 Å². The summed E-state index contributed by atoms with van der Waals surface area (Å²) in [5, 5.41) is 3.10. The smallest absolute Gasteiger partial charge is 0.270 e. The molecule has 0 spiro atoms. The van der Waals surface area contributed by atoms with Crippen LogP contribution in [0.1, 0.15) is 16.9 Å². The summed E-state index contributed by atoms with van der Waals surface area (Å²) in [7, 11) is 0. The third kappa shape index (κ3) is 1.79. The van der Waals surface area contributed by atoms with Gasteiger partial charge in [0.1, 0.15) is 17.7 Å². The fraction of sp³-hybridized carbons (Fsp3) is 0.462. The van der Waals surface area contributed by atoms with E-state index in [1.54, 1.807) is 23.0 Å². The molecule has 0 aromatic carbocycles. The number of nitrogens with zero attached hydrogens (tertiary/aromatic N) is 4. The Balaban J connectivity index is 1.53. The van der Waals surface area contributed by atoms with E-state index in [-0.39, 0.29) is 11.9 Å². The molecule has 2 bridgehead atoms. The van der Waals surface area contributed by atoms with Crippen LogP contribution in [0.2, 0.25) is 0 Å². The highest BCUT2D eigenvalue weighted by Gasteiger charge is 2.38. The first kappa shape index (κ1) is 10.9. The maximum absolute atomic E-state index is 12.2. The summed E-state index contributed by atoms with van der Waals surface area (Å²) >= 11 is 0. The lowest BCUT2D eigenvalue weighted by atomic mass is 10.00. The van der Waals surface area contributed by atoms with Crippen molar-refractivity contribution in [1.82, 2.24) is 24.6 Å². The Kier molecular flexibility index (Phi) is 2.32. The lowest BCUT2D eigenvalue weighted by Gasteiger charge is -2.22. The predicted molar refractivity (Wildman–Crippen MR) is 68.8 cm³/mol. The highest BCUT2D eigenvalue weighted by atomic mass is 16.2. The van der Waals surface area contributed by atoms with Crippen LogP contribution < -0.4 is 5.32 Å². The molecule has 6 nitrogen and oxygen atoms in total. The summed E-state index contributed by atoms with van der Waals surface area (Å²) < 4.78 is 1.79. The Morgan fingerprint density at radius 2 is 2.32 bits per heavy atom. The Hall–Kier alpha value is -1.95. The maximum Gasteiger partial charge on any atom is 0.270 e. The van der Waals surface area contributed by atoms with E-state index in [0.29, 0.717) is 11.6 Å². The van der Waals surface area contributed by atoms with Crippen molar-refractivity contribution >= 4 is 11.6 Å². The summed E-state index contributed by atoms with van der Waals surface area (Å²) in [6, 6.07) is 2.00. The molecule has 2 aliphatic rings. The summed E-state index contributed by atoms with van der Waals surface area (Å²) in [6.07, 6.45) is 6.33. The van der Waals surface area contributed by atoms with Crippen LogP contribution in [0.4, 0.5) is 0 Å². The highest BCUT2D eigenvalue weighted by molar-refractivity contribution is 5.93. The van der Waals surface area contributed by atoms with Crippen LogP contribution >= 0.6 is 0 Å². The number of piperidine rings is 1. The summed E-state index contributed by atoms with van der Waals surface area (Å²) in [6.45, 7) is 3.27. The van der Waals surface area contributed by atoms with Gasteiger partial charge in [0.25, 0.3) is 5.91 Å². The normalized spacial score (nSPS) is 28.9. The third-order valence-corrected chi connectivity index (χ3v) is 4.17. The first-order valence-corrected chi connectivity index (χ1v) is 6.61. The minimum absolute atomic E-state index is 0.0933. The van der Waals surface area contributed by atoms with Crippen LogP contribution in [-0.2, 0) is 0 Å². The van der Waals surface area contributed by atoms with Crippen molar-refractivity contribution in [2.24, 2.45) is 5.92 Å². The number of imidazole rings is 1. The molecule has 2 aromatic rings. The molecule has 2 aromatic heterocycles. The minimum Gasteiger partial charge on any atom is -0.346 e. The second-order valence-corrected chi connectivity index (χ2v) is 5.36. The molecule has 1 N–H and O–H groups in total. The molecule has 2 unspecified atom stereocenters. The molecule has 19 heavy (non-hydrogen) atoms. The SMILES string of the molecule is O=C(NC1CN2CC[C@H]1C2)c1cc2nccn2cn1. The Bertz CT molecular complexity index is 637. The molecular formula is C13H15N5O. The molecule has 4 heterocycles.